The van der Waals surface area contributed by atoms with E-state index in [4.69, 9.17) is 9.97 Å². The minimum atomic E-state index is 0.923. The van der Waals surface area contributed by atoms with Crippen molar-refractivity contribution in [2.24, 2.45) is 0 Å². The monoisotopic (exact) mass is 510 g/mol. The Morgan fingerprint density at radius 1 is 0.450 bits per heavy atom. The number of fused-ring (bicyclic) bond motifs is 9. The zero-order valence-corrected chi connectivity index (χ0v) is 21.5. The Bertz CT molecular complexity index is 2270. The van der Waals surface area contributed by atoms with Gasteiger partial charge in [-0.2, -0.15) is 0 Å². The maximum Gasteiger partial charge on any atom is 0.138 e. The highest BCUT2D eigenvalue weighted by atomic mass is 15.1. The van der Waals surface area contributed by atoms with Gasteiger partial charge < -0.3 is 4.57 Å². The molecule has 0 aliphatic rings. The molecule has 9 rings (SSSR count). The molecule has 9 aromatic rings. The van der Waals surface area contributed by atoms with Crippen LogP contribution in [-0.4, -0.2) is 19.1 Å². The van der Waals surface area contributed by atoms with Crippen LogP contribution < -0.4 is 0 Å². The van der Waals surface area contributed by atoms with Gasteiger partial charge in [0.05, 0.1) is 45.0 Å². The number of rotatable bonds is 2. The van der Waals surface area contributed by atoms with E-state index in [2.05, 4.69) is 124 Å². The molecule has 0 spiro atoms. The standard InChI is InChI=1S/C36H22N4/c1-6-14-29-23(9-1)17-20-34(38-29)40-31-16-8-4-12-27(31)36-33(40)19-18-32-35(36)26-11-3-7-15-30(26)39(32)25-21-24-10-2-5-13-28(24)37-22-25/h1-22H. The first kappa shape index (κ1) is 21.5. The molecule has 4 heterocycles. The van der Waals surface area contributed by atoms with Crippen molar-refractivity contribution in [2.75, 3.05) is 0 Å². The van der Waals surface area contributed by atoms with Gasteiger partial charge in [0, 0.05) is 32.3 Å². The van der Waals surface area contributed by atoms with Crippen molar-refractivity contribution in [1.82, 2.24) is 19.1 Å². The predicted octanol–water partition coefficient (Wildman–Crippen LogP) is 8.98. The van der Waals surface area contributed by atoms with Gasteiger partial charge in [0.15, 0.2) is 0 Å². The van der Waals surface area contributed by atoms with E-state index >= 15 is 0 Å². The molecule has 0 N–H and O–H groups in total. The second-order valence-corrected chi connectivity index (χ2v) is 10.3. The van der Waals surface area contributed by atoms with E-state index in [9.17, 15) is 0 Å². The molecular weight excluding hydrogens is 488 g/mol. The smallest absolute Gasteiger partial charge is 0.138 e. The Labute approximate surface area is 229 Å². The second kappa shape index (κ2) is 8.01. The third kappa shape index (κ3) is 2.90. The molecule has 4 aromatic heterocycles. The van der Waals surface area contributed by atoms with Crippen molar-refractivity contribution < 1.29 is 0 Å². The first-order valence-corrected chi connectivity index (χ1v) is 13.5. The number of nitrogens with zero attached hydrogens (tertiary/aromatic N) is 4. The maximum atomic E-state index is 5.09. The Morgan fingerprint density at radius 3 is 1.82 bits per heavy atom. The first-order valence-electron chi connectivity index (χ1n) is 13.5. The minimum Gasteiger partial charge on any atom is -0.308 e. The largest absolute Gasteiger partial charge is 0.308 e. The van der Waals surface area contributed by atoms with Crippen LogP contribution in [0.5, 0.6) is 0 Å². The molecule has 186 valence electrons. The van der Waals surface area contributed by atoms with Gasteiger partial charge in [0.25, 0.3) is 0 Å². The lowest BCUT2D eigenvalue weighted by Gasteiger charge is -2.10. The van der Waals surface area contributed by atoms with Crippen molar-refractivity contribution in [3.05, 3.63) is 134 Å². The van der Waals surface area contributed by atoms with Crippen LogP contribution in [0.2, 0.25) is 0 Å². The lowest BCUT2D eigenvalue weighted by Crippen LogP contribution is -1.98. The summed E-state index contributed by atoms with van der Waals surface area (Å²) in [7, 11) is 0. The Balaban J connectivity index is 1.43. The van der Waals surface area contributed by atoms with Gasteiger partial charge in [0.2, 0.25) is 0 Å². The van der Waals surface area contributed by atoms with E-state index in [0.717, 1.165) is 44.3 Å². The highest BCUT2D eigenvalue weighted by molar-refractivity contribution is 6.28. The second-order valence-electron chi connectivity index (χ2n) is 10.3. The Morgan fingerprint density at radius 2 is 1.05 bits per heavy atom. The van der Waals surface area contributed by atoms with Crippen LogP contribution in [0.4, 0.5) is 0 Å². The number of benzene rings is 5. The molecule has 0 aliphatic carbocycles. The van der Waals surface area contributed by atoms with Crippen molar-refractivity contribution >= 4 is 65.4 Å². The molecular formula is C36H22N4. The maximum absolute atomic E-state index is 5.09. The molecule has 4 nitrogen and oxygen atoms in total. The van der Waals surface area contributed by atoms with E-state index in [-0.39, 0.29) is 0 Å². The summed E-state index contributed by atoms with van der Waals surface area (Å²) in [6, 6.07) is 45.0. The molecule has 0 unspecified atom stereocenters. The molecule has 0 atom stereocenters. The van der Waals surface area contributed by atoms with E-state index in [1.807, 2.05) is 18.3 Å². The van der Waals surface area contributed by atoms with E-state index in [1.165, 1.54) is 32.6 Å². The van der Waals surface area contributed by atoms with Gasteiger partial charge in [-0.05, 0) is 54.6 Å². The number of pyridine rings is 2. The molecule has 0 radical (unpaired) electrons. The van der Waals surface area contributed by atoms with Gasteiger partial charge in [-0.15, -0.1) is 0 Å². The summed E-state index contributed by atoms with van der Waals surface area (Å²) in [4.78, 5) is 9.89. The molecule has 40 heavy (non-hydrogen) atoms. The van der Waals surface area contributed by atoms with Gasteiger partial charge in [-0.3, -0.25) is 9.55 Å². The summed E-state index contributed by atoms with van der Waals surface area (Å²) >= 11 is 0. The van der Waals surface area contributed by atoms with Crippen LogP contribution in [0, 0.1) is 0 Å². The van der Waals surface area contributed by atoms with Crippen LogP contribution in [0.25, 0.3) is 76.9 Å². The van der Waals surface area contributed by atoms with E-state index in [0.29, 0.717) is 0 Å². The normalized spacial score (nSPS) is 12.0. The highest BCUT2D eigenvalue weighted by Gasteiger charge is 2.20. The fourth-order valence-corrected chi connectivity index (χ4v) is 6.40. The average molecular weight is 511 g/mol. The summed E-state index contributed by atoms with van der Waals surface area (Å²) in [5.74, 6) is 0.923. The van der Waals surface area contributed by atoms with Crippen LogP contribution in [0.3, 0.4) is 0 Å². The van der Waals surface area contributed by atoms with E-state index < -0.39 is 0 Å². The third-order valence-electron chi connectivity index (χ3n) is 8.12. The van der Waals surface area contributed by atoms with Crippen LogP contribution >= 0.6 is 0 Å². The summed E-state index contributed by atoms with van der Waals surface area (Å²) < 4.78 is 4.66. The molecule has 0 amide bonds. The molecule has 0 aliphatic heterocycles. The van der Waals surface area contributed by atoms with Gasteiger partial charge >= 0.3 is 0 Å². The minimum absolute atomic E-state index is 0.923. The molecule has 0 saturated carbocycles. The number of hydrogen-bond acceptors (Lipinski definition) is 2. The van der Waals surface area contributed by atoms with Gasteiger partial charge in [-0.25, -0.2) is 4.98 Å². The van der Waals surface area contributed by atoms with E-state index in [1.54, 1.807) is 0 Å². The molecule has 0 bridgehead atoms. The summed E-state index contributed by atoms with van der Waals surface area (Å²) in [5.41, 5.74) is 7.69. The number of hydrogen-bond donors (Lipinski definition) is 0. The van der Waals surface area contributed by atoms with Crippen LogP contribution in [-0.2, 0) is 0 Å². The fourth-order valence-electron chi connectivity index (χ4n) is 6.40. The van der Waals surface area contributed by atoms with Gasteiger partial charge in [-0.1, -0.05) is 72.8 Å². The Kier molecular flexibility index (Phi) is 4.30. The van der Waals surface area contributed by atoms with Gasteiger partial charge in [0.1, 0.15) is 5.82 Å². The SMILES string of the molecule is c1ccc2ncc(-n3c4ccccc4c4c5c6ccccc6n(-c6ccc7ccccc7n6)c5ccc43)cc2c1. The van der Waals surface area contributed by atoms with Crippen LogP contribution in [0.1, 0.15) is 0 Å². The molecule has 0 fully saturated rings. The summed E-state index contributed by atoms with van der Waals surface area (Å²) in [6.45, 7) is 0. The van der Waals surface area contributed by atoms with Crippen molar-refractivity contribution in [2.45, 2.75) is 0 Å². The fraction of sp³-hybridized carbons (Fsp3) is 0. The average Bonchev–Trinajstić information content (AvgIpc) is 3.53. The molecule has 5 aromatic carbocycles. The number of aromatic nitrogens is 4. The Hall–Kier alpha value is -5.48. The summed E-state index contributed by atoms with van der Waals surface area (Å²) in [6.07, 6.45) is 1.99. The number of para-hydroxylation sites is 4. The van der Waals surface area contributed by atoms with Crippen molar-refractivity contribution in [1.29, 1.82) is 0 Å². The van der Waals surface area contributed by atoms with Crippen molar-refractivity contribution in [3.8, 4) is 11.5 Å². The zero-order chi connectivity index (χ0) is 26.2. The lowest BCUT2D eigenvalue weighted by atomic mass is 10.1. The zero-order valence-electron chi connectivity index (χ0n) is 21.5. The third-order valence-corrected chi connectivity index (χ3v) is 8.12. The molecule has 4 heteroatoms. The van der Waals surface area contributed by atoms with Crippen molar-refractivity contribution in [3.63, 3.8) is 0 Å². The highest BCUT2D eigenvalue weighted by Crippen LogP contribution is 2.42. The molecule has 0 saturated heterocycles. The summed E-state index contributed by atoms with van der Waals surface area (Å²) in [5, 5.41) is 7.21. The lowest BCUT2D eigenvalue weighted by molar-refractivity contribution is 1.10. The van der Waals surface area contributed by atoms with Crippen LogP contribution in [0.15, 0.2) is 134 Å². The first-order chi connectivity index (χ1) is 19.8. The topological polar surface area (TPSA) is 35.6 Å². The predicted molar refractivity (Wildman–Crippen MR) is 166 cm³/mol. The quantitative estimate of drug-likeness (QED) is 0.233.